The summed E-state index contributed by atoms with van der Waals surface area (Å²) in [5.41, 5.74) is 6.20. The second-order valence-corrected chi connectivity index (χ2v) is 3.68. The molecule has 0 aliphatic carbocycles. The van der Waals surface area contributed by atoms with Crippen LogP contribution in [-0.4, -0.2) is 28.8 Å². The molecule has 1 aliphatic rings. The smallest absolute Gasteiger partial charge is 0.336 e. The Labute approximate surface area is 66.9 Å². The lowest BCUT2D eigenvalue weighted by Gasteiger charge is -1.97. The highest BCUT2D eigenvalue weighted by Gasteiger charge is 2.24. The van der Waals surface area contributed by atoms with Crippen molar-refractivity contribution in [1.82, 2.24) is 0 Å². The molecule has 0 saturated carbocycles. The molecule has 1 heterocycles. The van der Waals surface area contributed by atoms with Crippen LogP contribution in [0.5, 0.6) is 0 Å². The summed E-state index contributed by atoms with van der Waals surface area (Å²) < 4.78 is 15.3. The van der Waals surface area contributed by atoms with E-state index in [-0.39, 0.29) is 5.75 Å². The normalized spacial score (nSPS) is 23.9. The van der Waals surface area contributed by atoms with E-state index in [1.807, 2.05) is 0 Å². The maximum Gasteiger partial charge on any atom is 0.336 e. The van der Waals surface area contributed by atoms with Gasteiger partial charge in [0.2, 0.25) is 0 Å². The highest BCUT2D eigenvalue weighted by molar-refractivity contribution is 7.85. The number of nitrogens with two attached hydrogens (primary N) is 1. The van der Waals surface area contributed by atoms with Crippen molar-refractivity contribution in [1.29, 1.82) is 0 Å². The number of rotatable bonds is 1. The van der Waals surface area contributed by atoms with Gasteiger partial charge >= 0.3 is 5.97 Å². The Morgan fingerprint density at radius 1 is 1.64 bits per heavy atom. The number of esters is 1. The van der Waals surface area contributed by atoms with E-state index in [0.29, 0.717) is 17.0 Å². The Morgan fingerprint density at radius 2 is 2.27 bits per heavy atom. The molecule has 0 radical (unpaired) electrons. The average molecular weight is 175 g/mol. The summed E-state index contributed by atoms with van der Waals surface area (Å²) in [7, 11) is 0.277. The molecule has 0 spiro atoms. The Hall–Kier alpha value is -0.840. The summed E-state index contributed by atoms with van der Waals surface area (Å²) in [5.74, 6) is 0.0662. The van der Waals surface area contributed by atoms with Crippen LogP contribution in [0, 0.1) is 0 Å². The summed E-state index contributed by atoms with van der Waals surface area (Å²) in [6, 6.07) is 0. The summed E-state index contributed by atoms with van der Waals surface area (Å²) in [4.78, 5) is 10.9. The summed E-state index contributed by atoms with van der Waals surface area (Å²) in [5, 5.41) is 0. The quantitative estimate of drug-likeness (QED) is 0.526. The molecular formula is C6H9NO3S. The standard InChI is InChI=1S/C6H9NO3S/c1-10-6(8)4-2-11(9)3-5(4)7/h2-3,7H2,1H3. The maximum absolute atomic E-state index is 10.9. The highest BCUT2D eigenvalue weighted by Crippen LogP contribution is 2.13. The molecule has 0 aromatic carbocycles. The van der Waals surface area contributed by atoms with Crippen molar-refractivity contribution in [3.8, 4) is 0 Å². The lowest BCUT2D eigenvalue weighted by atomic mass is 10.2. The zero-order valence-electron chi connectivity index (χ0n) is 6.12. The van der Waals surface area contributed by atoms with Crippen LogP contribution in [0.25, 0.3) is 0 Å². The Bertz CT molecular complexity index is 246. The Morgan fingerprint density at radius 3 is 2.64 bits per heavy atom. The predicted molar refractivity (Wildman–Crippen MR) is 41.1 cm³/mol. The van der Waals surface area contributed by atoms with Gasteiger partial charge in [0.05, 0.1) is 24.2 Å². The summed E-state index contributed by atoms with van der Waals surface area (Å²) in [6.45, 7) is 0. The fourth-order valence-electron chi connectivity index (χ4n) is 0.878. The second-order valence-electron chi connectivity index (χ2n) is 2.22. The number of carbonyl (C=O) groups excluding carboxylic acids is 1. The predicted octanol–water partition coefficient (Wildman–Crippen LogP) is -0.866. The van der Waals surface area contributed by atoms with Gasteiger partial charge in [-0.1, -0.05) is 0 Å². The molecule has 1 atom stereocenters. The SMILES string of the molecule is COC(=O)C1=C(N)CS(=O)C1. The van der Waals surface area contributed by atoms with Gasteiger partial charge in [-0.05, 0) is 0 Å². The minimum absolute atomic E-state index is 0.235. The third-order valence-corrected chi connectivity index (χ3v) is 2.68. The van der Waals surface area contributed by atoms with Crippen molar-refractivity contribution in [2.24, 2.45) is 5.73 Å². The van der Waals surface area contributed by atoms with Crippen LogP contribution in [0.15, 0.2) is 11.3 Å². The van der Waals surface area contributed by atoms with Crippen LogP contribution in [0.3, 0.4) is 0 Å². The van der Waals surface area contributed by atoms with Crippen molar-refractivity contribution in [3.63, 3.8) is 0 Å². The number of methoxy groups -OCH3 is 1. The number of hydrogen-bond donors (Lipinski definition) is 1. The second kappa shape index (κ2) is 3.04. The van der Waals surface area contributed by atoms with Gasteiger partial charge in [-0.25, -0.2) is 4.79 Å². The average Bonchev–Trinajstić information content (AvgIpc) is 2.28. The first-order chi connectivity index (χ1) is 5.15. The third-order valence-electron chi connectivity index (χ3n) is 1.44. The number of hydrogen-bond acceptors (Lipinski definition) is 4. The molecule has 11 heavy (non-hydrogen) atoms. The molecular weight excluding hydrogens is 166 g/mol. The van der Waals surface area contributed by atoms with Crippen LogP contribution in [0.2, 0.25) is 0 Å². The lowest BCUT2D eigenvalue weighted by molar-refractivity contribution is -0.136. The molecule has 2 N–H and O–H groups in total. The molecule has 0 saturated heterocycles. The van der Waals surface area contributed by atoms with E-state index in [9.17, 15) is 9.00 Å². The Kier molecular flexibility index (Phi) is 2.28. The van der Waals surface area contributed by atoms with Crippen molar-refractivity contribution in [3.05, 3.63) is 11.3 Å². The van der Waals surface area contributed by atoms with Crippen molar-refractivity contribution in [2.75, 3.05) is 18.6 Å². The minimum Gasteiger partial charge on any atom is -0.466 e. The molecule has 1 rings (SSSR count). The topological polar surface area (TPSA) is 69.4 Å². The lowest BCUT2D eigenvalue weighted by Crippen LogP contribution is -2.10. The molecule has 1 unspecified atom stereocenters. The first-order valence-corrected chi connectivity index (χ1v) is 4.54. The molecule has 5 heteroatoms. The van der Waals surface area contributed by atoms with Gasteiger partial charge in [-0.3, -0.25) is 4.21 Å². The van der Waals surface area contributed by atoms with E-state index in [2.05, 4.69) is 4.74 Å². The van der Waals surface area contributed by atoms with E-state index in [1.54, 1.807) is 0 Å². The van der Waals surface area contributed by atoms with E-state index in [1.165, 1.54) is 7.11 Å². The van der Waals surface area contributed by atoms with E-state index < -0.39 is 16.8 Å². The van der Waals surface area contributed by atoms with E-state index in [0.717, 1.165) is 0 Å². The van der Waals surface area contributed by atoms with E-state index in [4.69, 9.17) is 5.73 Å². The van der Waals surface area contributed by atoms with Gasteiger partial charge in [0, 0.05) is 16.5 Å². The van der Waals surface area contributed by atoms with Gasteiger partial charge < -0.3 is 10.5 Å². The molecule has 1 aliphatic heterocycles. The summed E-state index contributed by atoms with van der Waals surface area (Å²) in [6.07, 6.45) is 0. The molecule has 0 aromatic heterocycles. The third kappa shape index (κ3) is 1.59. The molecule has 0 bridgehead atoms. The molecule has 0 amide bonds. The molecule has 62 valence electrons. The van der Waals surface area contributed by atoms with E-state index >= 15 is 0 Å². The van der Waals surface area contributed by atoms with Gasteiger partial charge in [-0.2, -0.15) is 0 Å². The maximum atomic E-state index is 10.9. The first-order valence-electron chi connectivity index (χ1n) is 3.06. The Balaban J connectivity index is 2.79. The monoisotopic (exact) mass is 175 g/mol. The first kappa shape index (κ1) is 8.26. The van der Waals surface area contributed by atoms with Crippen molar-refractivity contribution in [2.45, 2.75) is 0 Å². The number of carbonyl (C=O) groups is 1. The van der Waals surface area contributed by atoms with Crippen LogP contribution in [-0.2, 0) is 20.3 Å². The van der Waals surface area contributed by atoms with Gasteiger partial charge in [0.1, 0.15) is 0 Å². The molecule has 0 aromatic rings. The highest BCUT2D eigenvalue weighted by atomic mass is 32.2. The van der Waals surface area contributed by atoms with Crippen molar-refractivity contribution >= 4 is 16.8 Å². The zero-order valence-corrected chi connectivity index (χ0v) is 6.94. The minimum atomic E-state index is -1.01. The zero-order chi connectivity index (χ0) is 8.43. The van der Waals surface area contributed by atoms with Crippen molar-refractivity contribution < 1.29 is 13.7 Å². The van der Waals surface area contributed by atoms with Crippen LogP contribution < -0.4 is 5.73 Å². The van der Waals surface area contributed by atoms with Gasteiger partial charge in [0.15, 0.2) is 0 Å². The molecule has 4 nitrogen and oxygen atoms in total. The summed E-state index contributed by atoms with van der Waals surface area (Å²) >= 11 is 0. The van der Waals surface area contributed by atoms with Crippen LogP contribution in [0.1, 0.15) is 0 Å². The van der Waals surface area contributed by atoms with Crippen LogP contribution >= 0.6 is 0 Å². The van der Waals surface area contributed by atoms with Gasteiger partial charge in [0.25, 0.3) is 0 Å². The largest absolute Gasteiger partial charge is 0.466 e. The fourth-order valence-corrected chi connectivity index (χ4v) is 2.13. The van der Waals surface area contributed by atoms with Gasteiger partial charge in [-0.15, -0.1) is 0 Å². The number of ether oxygens (including phenoxy) is 1. The molecule has 0 fully saturated rings. The van der Waals surface area contributed by atoms with Crippen LogP contribution in [0.4, 0.5) is 0 Å². The fraction of sp³-hybridized carbons (Fsp3) is 0.500.